The minimum Gasteiger partial charge on any atom is -0.369 e. The lowest BCUT2D eigenvalue weighted by molar-refractivity contribution is 0.263. The molecular weight excluding hydrogens is 263 g/mol. The third-order valence-corrected chi connectivity index (χ3v) is 4.74. The van der Waals surface area contributed by atoms with Crippen LogP contribution in [-0.2, 0) is 0 Å². The number of hydrogen-bond donors (Lipinski definition) is 1. The summed E-state index contributed by atoms with van der Waals surface area (Å²) in [7, 11) is 0. The van der Waals surface area contributed by atoms with E-state index < -0.39 is 0 Å². The average molecular weight is 292 g/mol. The van der Waals surface area contributed by atoms with Crippen LogP contribution < -0.4 is 10.2 Å². The Morgan fingerprint density at radius 2 is 2.10 bits per heavy atom. The lowest BCUT2D eigenvalue weighted by Crippen LogP contribution is -2.26. The maximum absolute atomic E-state index is 14.5. The Kier molecular flexibility index (Phi) is 4.92. The molecule has 0 spiro atoms. The molecule has 2 rings (SSSR count). The molecule has 0 radical (unpaired) electrons. The van der Waals surface area contributed by atoms with Gasteiger partial charge < -0.3 is 10.2 Å². The van der Waals surface area contributed by atoms with Gasteiger partial charge >= 0.3 is 0 Å². The zero-order chi connectivity index (χ0) is 15.6. The molecule has 0 bridgehead atoms. The van der Waals surface area contributed by atoms with Crippen LogP contribution in [0.5, 0.6) is 0 Å². The van der Waals surface area contributed by atoms with Gasteiger partial charge in [0.1, 0.15) is 5.82 Å². The van der Waals surface area contributed by atoms with E-state index in [1.165, 1.54) is 0 Å². The molecule has 118 valence electrons. The Balaban J connectivity index is 2.12. The second kappa shape index (κ2) is 6.35. The SMILES string of the molecule is CCNC(C)c1ccc(N2CCC(C(C)(C)C)C2)c(F)c1. The minimum atomic E-state index is -0.0909. The second-order valence-electron chi connectivity index (χ2n) is 7.29. The van der Waals surface area contributed by atoms with Crippen molar-refractivity contribution in [3.05, 3.63) is 29.6 Å². The van der Waals surface area contributed by atoms with Crippen LogP contribution in [0.25, 0.3) is 0 Å². The predicted octanol–water partition coefficient (Wildman–Crippen LogP) is 4.37. The number of anilines is 1. The molecule has 0 amide bonds. The first kappa shape index (κ1) is 16.3. The molecule has 2 atom stereocenters. The molecule has 2 nitrogen and oxygen atoms in total. The Hall–Kier alpha value is -1.09. The van der Waals surface area contributed by atoms with E-state index in [1.807, 2.05) is 6.07 Å². The fourth-order valence-electron chi connectivity index (χ4n) is 3.16. The van der Waals surface area contributed by atoms with Crippen LogP contribution in [0.3, 0.4) is 0 Å². The minimum absolute atomic E-state index is 0.0909. The molecule has 1 heterocycles. The third kappa shape index (κ3) is 3.76. The maximum atomic E-state index is 14.5. The molecule has 21 heavy (non-hydrogen) atoms. The monoisotopic (exact) mass is 292 g/mol. The van der Waals surface area contributed by atoms with Gasteiger partial charge in [-0.2, -0.15) is 0 Å². The lowest BCUT2D eigenvalue weighted by atomic mass is 9.80. The van der Waals surface area contributed by atoms with E-state index in [0.717, 1.165) is 37.3 Å². The molecule has 1 aliphatic heterocycles. The molecule has 1 saturated heterocycles. The number of nitrogens with zero attached hydrogens (tertiary/aromatic N) is 1. The van der Waals surface area contributed by atoms with Gasteiger partial charge in [0, 0.05) is 19.1 Å². The first-order valence-electron chi connectivity index (χ1n) is 8.10. The van der Waals surface area contributed by atoms with Gasteiger partial charge in [-0.1, -0.05) is 33.8 Å². The topological polar surface area (TPSA) is 15.3 Å². The first-order chi connectivity index (χ1) is 9.82. The van der Waals surface area contributed by atoms with Gasteiger partial charge in [0.2, 0.25) is 0 Å². The second-order valence-corrected chi connectivity index (χ2v) is 7.29. The molecule has 3 heteroatoms. The first-order valence-corrected chi connectivity index (χ1v) is 8.10. The number of hydrogen-bond acceptors (Lipinski definition) is 2. The van der Waals surface area contributed by atoms with Crippen LogP contribution in [0, 0.1) is 17.2 Å². The lowest BCUT2D eigenvalue weighted by Gasteiger charge is -2.27. The van der Waals surface area contributed by atoms with Crippen molar-refractivity contribution in [3.8, 4) is 0 Å². The summed E-state index contributed by atoms with van der Waals surface area (Å²) in [5.74, 6) is 0.545. The molecule has 1 aromatic carbocycles. The summed E-state index contributed by atoms with van der Waals surface area (Å²) < 4.78 is 14.5. The molecule has 2 unspecified atom stereocenters. The molecular formula is C18H29FN2. The standard InChI is InChI=1S/C18H29FN2/c1-6-20-13(2)14-7-8-17(16(19)11-14)21-10-9-15(12-21)18(3,4)5/h7-8,11,13,15,20H,6,9-10,12H2,1-5H3. The summed E-state index contributed by atoms with van der Waals surface area (Å²) in [5.41, 5.74) is 2.07. The highest BCUT2D eigenvalue weighted by Crippen LogP contribution is 2.36. The van der Waals surface area contributed by atoms with Gasteiger partial charge in [0.25, 0.3) is 0 Å². The summed E-state index contributed by atoms with van der Waals surface area (Å²) >= 11 is 0. The summed E-state index contributed by atoms with van der Waals surface area (Å²) in [4.78, 5) is 2.20. The van der Waals surface area contributed by atoms with E-state index in [2.05, 4.69) is 50.9 Å². The van der Waals surface area contributed by atoms with Crippen molar-refractivity contribution in [2.75, 3.05) is 24.5 Å². The van der Waals surface area contributed by atoms with E-state index in [4.69, 9.17) is 0 Å². The molecule has 0 saturated carbocycles. The van der Waals surface area contributed by atoms with Crippen molar-refractivity contribution in [1.82, 2.24) is 5.32 Å². The largest absolute Gasteiger partial charge is 0.369 e. The van der Waals surface area contributed by atoms with Crippen molar-refractivity contribution in [1.29, 1.82) is 0 Å². The molecule has 0 aliphatic carbocycles. The fraction of sp³-hybridized carbons (Fsp3) is 0.667. The van der Waals surface area contributed by atoms with Crippen LogP contribution in [0.1, 0.15) is 52.6 Å². The zero-order valence-electron chi connectivity index (χ0n) is 14.0. The van der Waals surface area contributed by atoms with Gasteiger partial charge in [0.05, 0.1) is 5.69 Å². The van der Waals surface area contributed by atoms with Crippen molar-refractivity contribution < 1.29 is 4.39 Å². The number of benzene rings is 1. The maximum Gasteiger partial charge on any atom is 0.146 e. The highest BCUT2D eigenvalue weighted by Gasteiger charge is 2.32. The van der Waals surface area contributed by atoms with E-state index in [-0.39, 0.29) is 11.9 Å². The molecule has 1 fully saturated rings. The van der Waals surface area contributed by atoms with Gasteiger partial charge in [0.15, 0.2) is 0 Å². The highest BCUT2D eigenvalue weighted by atomic mass is 19.1. The molecule has 1 aromatic rings. The van der Waals surface area contributed by atoms with Crippen molar-refractivity contribution in [3.63, 3.8) is 0 Å². The van der Waals surface area contributed by atoms with E-state index in [9.17, 15) is 4.39 Å². The van der Waals surface area contributed by atoms with Gasteiger partial charge in [-0.25, -0.2) is 4.39 Å². The van der Waals surface area contributed by atoms with Crippen LogP contribution >= 0.6 is 0 Å². The zero-order valence-corrected chi connectivity index (χ0v) is 14.0. The number of rotatable bonds is 4. The molecule has 1 aliphatic rings. The van der Waals surface area contributed by atoms with Gasteiger partial charge in [-0.05, 0) is 48.9 Å². The highest BCUT2D eigenvalue weighted by molar-refractivity contribution is 5.50. The number of halogens is 1. The molecule has 1 N–H and O–H groups in total. The van der Waals surface area contributed by atoms with Crippen LogP contribution in [-0.4, -0.2) is 19.6 Å². The van der Waals surface area contributed by atoms with Gasteiger partial charge in [-0.15, -0.1) is 0 Å². The van der Waals surface area contributed by atoms with Crippen LogP contribution in [0.4, 0.5) is 10.1 Å². The third-order valence-electron chi connectivity index (χ3n) is 4.74. The van der Waals surface area contributed by atoms with Crippen molar-refractivity contribution in [2.24, 2.45) is 11.3 Å². The van der Waals surface area contributed by atoms with E-state index >= 15 is 0 Å². The van der Waals surface area contributed by atoms with Crippen molar-refractivity contribution >= 4 is 5.69 Å². The normalized spacial score (nSPS) is 20.9. The number of nitrogens with one attached hydrogen (secondary N) is 1. The molecule has 0 aromatic heterocycles. The Labute approximate surface area is 128 Å². The van der Waals surface area contributed by atoms with E-state index in [1.54, 1.807) is 6.07 Å². The van der Waals surface area contributed by atoms with Crippen LogP contribution in [0.2, 0.25) is 0 Å². The average Bonchev–Trinajstić information content (AvgIpc) is 2.88. The van der Waals surface area contributed by atoms with Crippen LogP contribution in [0.15, 0.2) is 18.2 Å². The summed E-state index contributed by atoms with van der Waals surface area (Å²) in [5, 5.41) is 3.32. The summed E-state index contributed by atoms with van der Waals surface area (Å²) in [6.45, 7) is 13.8. The predicted molar refractivity (Wildman–Crippen MR) is 88.3 cm³/mol. The Bertz CT molecular complexity index is 479. The summed E-state index contributed by atoms with van der Waals surface area (Å²) in [6.07, 6.45) is 1.15. The quantitative estimate of drug-likeness (QED) is 0.886. The summed E-state index contributed by atoms with van der Waals surface area (Å²) in [6, 6.07) is 5.88. The Morgan fingerprint density at radius 1 is 1.38 bits per heavy atom. The Morgan fingerprint density at radius 3 is 2.62 bits per heavy atom. The van der Waals surface area contributed by atoms with E-state index in [0.29, 0.717) is 11.3 Å². The smallest absolute Gasteiger partial charge is 0.146 e. The van der Waals surface area contributed by atoms with Gasteiger partial charge in [-0.3, -0.25) is 0 Å². The van der Waals surface area contributed by atoms with Crippen molar-refractivity contribution in [2.45, 2.75) is 47.1 Å². The fourth-order valence-corrected chi connectivity index (χ4v) is 3.16.